The predicted octanol–water partition coefficient (Wildman–Crippen LogP) is 3.02. The summed E-state index contributed by atoms with van der Waals surface area (Å²) in [6.07, 6.45) is 0.930. The fourth-order valence-corrected chi connectivity index (χ4v) is 1.89. The number of hydrogen-bond donors (Lipinski definition) is 1. The molecule has 1 aromatic carbocycles. The molecule has 3 nitrogen and oxygen atoms in total. The van der Waals surface area contributed by atoms with Gasteiger partial charge in [0.1, 0.15) is 5.75 Å². The zero-order chi connectivity index (χ0) is 13.1. The summed E-state index contributed by atoms with van der Waals surface area (Å²) in [7, 11) is 3.74. The van der Waals surface area contributed by atoms with Gasteiger partial charge in [0, 0.05) is 23.6 Å². The van der Waals surface area contributed by atoms with Crippen molar-refractivity contribution in [3.05, 3.63) is 22.7 Å². The van der Waals surface area contributed by atoms with Gasteiger partial charge < -0.3 is 15.4 Å². The van der Waals surface area contributed by atoms with Gasteiger partial charge in [0.05, 0.1) is 12.8 Å². The highest BCUT2D eigenvalue weighted by Crippen LogP contribution is 2.30. The van der Waals surface area contributed by atoms with E-state index in [2.05, 4.69) is 33.9 Å². The van der Waals surface area contributed by atoms with Crippen LogP contribution in [0.3, 0.4) is 0 Å². The molecule has 0 aliphatic heterocycles. The molecule has 1 rings (SSSR count). The Morgan fingerprint density at radius 3 is 2.59 bits per heavy atom. The number of nitrogens with zero attached hydrogens (tertiary/aromatic N) is 1. The highest BCUT2D eigenvalue weighted by atomic mass is 79.9. The molecular weight excluding hydrogens is 280 g/mol. The third kappa shape index (κ3) is 4.56. The summed E-state index contributed by atoms with van der Waals surface area (Å²) in [5.74, 6) is 0.880. The van der Waals surface area contributed by atoms with Crippen LogP contribution in [0.15, 0.2) is 22.7 Å². The zero-order valence-corrected chi connectivity index (χ0v) is 12.5. The molecule has 0 saturated heterocycles. The van der Waals surface area contributed by atoms with Crippen LogP contribution in [0.25, 0.3) is 0 Å². The Hall–Kier alpha value is -0.740. The number of benzene rings is 1. The molecule has 0 aliphatic rings. The number of rotatable bonds is 5. The lowest BCUT2D eigenvalue weighted by molar-refractivity contribution is 0.413. The lowest BCUT2D eigenvalue weighted by Gasteiger charge is -2.26. The highest BCUT2D eigenvalue weighted by molar-refractivity contribution is 9.10. The molecule has 2 N–H and O–H groups in total. The van der Waals surface area contributed by atoms with Crippen molar-refractivity contribution >= 4 is 21.6 Å². The summed E-state index contributed by atoms with van der Waals surface area (Å²) in [5.41, 5.74) is 6.92. The fourth-order valence-electron chi connectivity index (χ4n) is 1.54. The van der Waals surface area contributed by atoms with E-state index in [-0.39, 0.29) is 5.54 Å². The van der Waals surface area contributed by atoms with Crippen LogP contribution < -0.4 is 15.4 Å². The van der Waals surface area contributed by atoms with Gasteiger partial charge >= 0.3 is 0 Å². The number of hydrogen-bond acceptors (Lipinski definition) is 3. The smallest absolute Gasteiger partial charge is 0.142 e. The van der Waals surface area contributed by atoms with Gasteiger partial charge in [0.25, 0.3) is 0 Å². The zero-order valence-electron chi connectivity index (χ0n) is 11.0. The van der Waals surface area contributed by atoms with Gasteiger partial charge in [-0.1, -0.05) is 15.9 Å². The van der Waals surface area contributed by atoms with E-state index in [4.69, 9.17) is 10.5 Å². The van der Waals surface area contributed by atoms with Gasteiger partial charge in [-0.3, -0.25) is 0 Å². The molecule has 17 heavy (non-hydrogen) atoms. The molecule has 0 unspecified atom stereocenters. The minimum Gasteiger partial charge on any atom is -0.495 e. The van der Waals surface area contributed by atoms with Crippen LogP contribution >= 0.6 is 15.9 Å². The van der Waals surface area contributed by atoms with Gasteiger partial charge in [-0.25, -0.2) is 0 Å². The lowest BCUT2D eigenvalue weighted by atomic mass is 10.0. The number of nitrogens with two attached hydrogens (primary N) is 1. The molecule has 0 aliphatic carbocycles. The van der Waals surface area contributed by atoms with E-state index in [9.17, 15) is 0 Å². The summed E-state index contributed by atoms with van der Waals surface area (Å²) in [6.45, 7) is 4.98. The quantitative estimate of drug-likeness (QED) is 0.908. The Balaban J connectivity index is 2.80. The van der Waals surface area contributed by atoms with Crippen molar-refractivity contribution in [3.8, 4) is 5.75 Å². The third-order valence-electron chi connectivity index (χ3n) is 2.64. The maximum atomic E-state index is 6.00. The second-order valence-corrected chi connectivity index (χ2v) is 5.89. The molecule has 96 valence electrons. The monoisotopic (exact) mass is 300 g/mol. The molecule has 0 spiro atoms. The topological polar surface area (TPSA) is 38.5 Å². The van der Waals surface area contributed by atoms with Crippen LogP contribution in [-0.2, 0) is 0 Å². The van der Waals surface area contributed by atoms with E-state index < -0.39 is 0 Å². The fraction of sp³-hybridized carbons (Fsp3) is 0.538. The van der Waals surface area contributed by atoms with Crippen LogP contribution in [0.1, 0.15) is 20.3 Å². The first-order valence-electron chi connectivity index (χ1n) is 5.67. The summed E-state index contributed by atoms with van der Waals surface area (Å²) >= 11 is 3.48. The van der Waals surface area contributed by atoms with Gasteiger partial charge in [-0.2, -0.15) is 0 Å². The Labute approximate surface area is 112 Å². The standard InChI is InChI=1S/C13H21BrN2O/c1-13(2,15)7-8-16(3)11-9-10(14)5-6-12(11)17-4/h5-6,9H,7-8,15H2,1-4H3. The van der Waals surface area contributed by atoms with E-state index in [1.54, 1.807) is 7.11 Å². The minimum absolute atomic E-state index is 0.145. The third-order valence-corrected chi connectivity index (χ3v) is 3.14. The normalized spacial score (nSPS) is 11.4. The Morgan fingerprint density at radius 1 is 1.41 bits per heavy atom. The second-order valence-electron chi connectivity index (χ2n) is 4.98. The average molecular weight is 301 g/mol. The Bertz CT molecular complexity index is 374. The van der Waals surface area contributed by atoms with Crippen LogP contribution in [0.2, 0.25) is 0 Å². The van der Waals surface area contributed by atoms with Crippen molar-refractivity contribution in [2.45, 2.75) is 25.8 Å². The van der Waals surface area contributed by atoms with E-state index in [1.165, 1.54) is 0 Å². The predicted molar refractivity (Wildman–Crippen MR) is 76.8 cm³/mol. The van der Waals surface area contributed by atoms with Gasteiger partial charge in [0.15, 0.2) is 0 Å². The summed E-state index contributed by atoms with van der Waals surface area (Å²) < 4.78 is 6.41. The number of anilines is 1. The number of halogens is 1. The molecule has 0 heterocycles. The van der Waals surface area contributed by atoms with Crippen molar-refractivity contribution in [1.82, 2.24) is 0 Å². The number of ether oxygens (including phenoxy) is 1. The first-order valence-corrected chi connectivity index (χ1v) is 6.46. The molecule has 0 fully saturated rings. The maximum absolute atomic E-state index is 6.00. The van der Waals surface area contributed by atoms with Crippen LogP contribution in [0.5, 0.6) is 5.75 Å². The Kier molecular flexibility index (Phi) is 4.83. The molecule has 0 bridgehead atoms. The van der Waals surface area contributed by atoms with Crippen LogP contribution in [0.4, 0.5) is 5.69 Å². The first kappa shape index (κ1) is 14.3. The van der Waals surface area contributed by atoms with E-state index in [0.717, 1.165) is 28.9 Å². The molecule has 1 aromatic rings. The van der Waals surface area contributed by atoms with Crippen LogP contribution in [-0.4, -0.2) is 26.2 Å². The largest absolute Gasteiger partial charge is 0.495 e. The summed E-state index contributed by atoms with van der Waals surface area (Å²) in [6, 6.07) is 5.99. The van der Waals surface area contributed by atoms with Gasteiger partial charge in [-0.15, -0.1) is 0 Å². The van der Waals surface area contributed by atoms with Crippen molar-refractivity contribution < 1.29 is 4.74 Å². The van der Waals surface area contributed by atoms with Crippen molar-refractivity contribution in [3.63, 3.8) is 0 Å². The Morgan fingerprint density at radius 2 is 2.06 bits per heavy atom. The summed E-state index contributed by atoms with van der Waals surface area (Å²) in [4.78, 5) is 2.16. The van der Waals surface area contributed by atoms with Crippen molar-refractivity contribution in [2.75, 3.05) is 25.6 Å². The second kappa shape index (κ2) is 5.74. The average Bonchev–Trinajstić information content (AvgIpc) is 2.25. The highest BCUT2D eigenvalue weighted by Gasteiger charge is 2.14. The molecule has 0 aromatic heterocycles. The molecule has 0 amide bonds. The van der Waals surface area contributed by atoms with Gasteiger partial charge in [0.2, 0.25) is 0 Å². The maximum Gasteiger partial charge on any atom is 0.142 e. The molecule has 0 saturated carbocycles. The van der Waals surface area contributed by atoms with Crippen molar-refractivity contribution in [2.24, 2.45) is 5.73 Å². The van der Waals surface area contributed by atoms with Crippen LogP contribution in [0, 0.1) is 0 Å². The summed E-state index contributed by atoms with van der Waals surface area (Å²) in [5, 5.41) is 0. The van der Waals surface area contributed by atoms with Gasteiger partial charge in [-0.05, 0) is 38.5 Å². The molecular formula is C13H21BrN2O. The van der Waals surface area contributed by atoms with E-state index >= 15 is 0 Å². The molecule has 4 heteroatoms. The lowest BCUT2D eigenvalue weighted by Crippen LogP contribution is -2.36. The molecule has 0 atom stereocenters. The SMILES string of the molecule is COc1ccc(Br)cc1N(C)CCC(C)(C)N. The minimum atomic E-state index is -0.145. The first-order chi connectivity index (χ1) is 7.83. The molecule has 0 radical (unpaired) electrons. The van der Waals surface area contributed by atoms with E-state index in [1.807, 2.05) is 26.0 Å². The van der Waals surface area contributed by atoms with E-state index in [0.29, 0.717) is 0 Å². The number of methoxy groups -OCH3 is 1. The van der Waals surface area contributed by atoms with Crippen molar-refractivity contribution in [1.29, 1.82) is 0 Å².